The predicted molar refractivity (Wildman–Crippen MR) is 105 cm³/mol. The third kappa shape index (κ3) is 5.06. The largest absolute Gasteiger partial charge is 0.369 e. The van der Waals surface area contributed by atoms with Crippen molar-refractivity contribution in [1.82, 2.24) is 10.3 Å². The van der Waals surface area contributed by atoms with Crippen LogP contribution in [0.15, 0.2) is 35.2 Å². The van der Waals surface area contributed by atoms with Crippen molar-refractivity contribution in [2.75, 3.05) is 6.54 Å². The van der Waals surface area contributed by atoms with Crippen molar-refractivity contribution in [3.05, 3.63) is 36.4 Å². The van der Waals surface area contributed by atoms with Crippen molar-refractivity contribution >= 4 is 45.1 Å². The van der Waals surface area contributed by atoms with Crippen molar-refractivity contribution in [3.8, 4) is 0 Å². The number of nitrogens with one attached hydrogen (secondary N) is 1. The number of fused-ring (bicyclic) bond motifs is 1. The van der Waals surface area contributed by atoms with Crippen LogP contribution in [0.2, 0.25) is 0 Å². The summed E-state index contributed by atoms with van der Waals surface area (Å²) >= 11 is 2.79. The number of aromatic nitrogens is 1. The smallest absolute Gasteiger partial charge is 0.231 e. The summed E-state index contributed by atoms with van der Waals surface area (Å²) in [7, 11) is 0. The van der Waals surface area contributed by atoms with E-state index >= 15 is 0 Å². The molecule has 0 aliphatic heterocycles. The molecular weight excluding hydrogens is 354 g/mol. The summed E-state index contributed by atoms with van der Waals surface area (Å²) in [6, 6.07) is 6.05. The zero-order valence-electron chi connectivity index (χ0n) is 14.7. The maximum absolute atomic E-state index is 11.9. The molecule has 0 saturated carbocycles. The molecule has 0 bridgehead atoms. The van der Waals surface area contributed by atoms with E-state index in [-0.39, 0.29) is 17.7 Å². The van der Waals surface area contributed by atoms with Gasteiger partial charge in [0, 0.05) is 13.0 Å². The molecule has 1 heterocycles. The average Bonchev–Trinajstić information content (AvgIpc) is 2.93. The maximum atomic E-state index is 11.9. The molecule has 0 fully saturated rings. The van der Waals surface area contributed by atoms with Crippen LogP contribution in [0, 0.1) is 0 Å². The molecule has 25 heavy (non-hydrogen) atoms. The van der Waals surface area contributed by atoms with Gasteiger partial charge in [-0.3, -0.25) is 9.59 Å². The van der Waals surface area contributed by atoms with E-state index in [0.717, 1.165) is 14.6 Å². The van der Waals surface area contributed by atoms with Crippen LogP contribution in [-0.4, -0.2) is 28.6 Å². The number of nitrogens with zero attached hydrogens (tertiary/aromatic N) is 1. The lowest BCUT2D eigenvalue weighted by atomic mass is 9.87. The first kappa shape index (κ1) is 19.5. The Morgan fingerprint density at radius 2 is 2.16 bits per heavy atom. The summed E-state index contributed by atoms with van der Waals surface area (Å²) in [4.78, 5) is 28.2. The van der Waals surface area contributed by atoms with Gasteiger partial charge in [0.2, 0.25) is 11.8 Å². The van der Waals surface area contributed by atoms with E-state index in [9.17, 15) is 9.59 Å². The average molecular weight is 378 g/mol. The number of carbonyl (C=O) groups is 2. The van der Waals surface area contributed by atoms with E-state index in [0.29, 0.717) is 6.54 Å². The van der Waals surface area contributed by atoms with Gasteiger partial charge in [-0.25, -0.2) is 4.98 Å². The van der Waals surface area contributed by atoms with Gasteiger partial charge >= 0.3 is 0 Å². The topological polar surface area (TPSA) is 85.1 Å². The monoisotopic (exact) mass is 377 g/mol. The van der Waals surface area contributed by atoms with Gasteiger partial charge in [0.15, 0.2) is 4.34 Å². The highest BCUT2D eigenvalue weighted by atomic mass is 32.2. The van der Waals surface area contributed by atoms with Gasteiger partial charge in [-0.05, 0) is 17.0 Å². The minimum atomic E-state index is -0.650. The van der Waals surface area contributed by atoms with Gasteiger partial charge in [0.1, 0.15) is 0 Å². The molecule has 1 unspecified atom stereocenters. The Balaban J connectivity index is 2.24. The number of benzene rings is 1. The summed E-state index contributed by atoms with van der Waals surface area (Å²) in [5, 5.41) is 2.01. The van der Waals surface area contributed by atoms with E-state index < -0.39 is 11.2 Å². The van der Waals surface area contributed by atoms with Crippen LogP contribution in [0.4, 0.5) is 0 Å². The van der Waals surface area contributed by atoms with E-state index in [1.54, 1.807) is 6.08 Å². The Bertz CT molecular complexity index is 793. The van der Waals surface area contributed by atoms with Crippen molar-refractivity contribution in [2.45, 2.75) is 42.2 Å². The third-order valence-corrected chi connectivity index (χ3v) is 5.99. The predicted octanol–water partition coefficient (Wildman–Crippen LogP) is 3.23. The number of nitrogens with two attached hydrogens (primary N) is 1. The number of hydrogen-bond acceptors (Lipinski definition) is 5. The van der Waals surface area contributed by atoms with Crippen LogP contribution in [0.25, 0.3) is 10.2 Å². The molecular formula is C18H23N3O2S2. The lowest BCUT2D eigenvalue weighted by molar-refractivity contribution is -0.124. The minimum Gasteiger partial charge on any atom is -0.369 e. The number of rotatable bonds is 7. The Morgan fingerprint density at radius 1 is 1.44 bits per heavy atom. The molecule has 2 amide bonds. The van der Waals surface area contributed by atoms with Crippen LogP contribution >= 0.6 is 23.1 Å². The summed E-state index contributed by atoms with van der Waals surface area (Å²) in [6.45, 7) is 10.4. The fraction of sp³-hybridized carbons (Fsp3) is 0.389. The van der Waals surface area contributed by atoms with Gasteiger partial charge < -0.3 is 11.1 Å². The molecule has 3 N–H and O–H groups in total. The fourth-order valence-electron chi connectivity index (χ4n) is 2.32. The summed E-state index contributed by atoms with van der Waals surface area (Å²) in [6.07, 6.45) is 1.61. The van der Waals surface area contributed by atoms with Crippen LogP contribution in [0.1, 0.15) is 32.8 Å². The molecule has 2 aromatic rings. The van der Waals surface area contributed by atoms with Crippen LogP contribution < -0.4 is 11.1 Å². The van der Waals surface area contributed by atoms with E-state index in [1.807, 2.05) is 12.1 Å². The van der Waals surface area contributed by atoms with Crippen LogP contribution in [-0.2, 0) is 15.0 Å². The second kappa shape index (κ2) is 8.01. The van der Waals surface area contributed by atoms with Crippen LogP contribution in [0.5, 0.6) is 0 Å². The quantitative estimate of drug-likeness (QED) is 0.573. The lowest BCUT2D eigenvalue weighted by Gasteiger charge is -2.19. The number of thioether (sulfide) groups is 1. The number of carbonyl (C=O) groups excluding carboxylic acids is 2. The second-order valence-electron chi connectivity index (χ2n) is 6.69. The maximum Gasteiger partial charge on any atom is 0.231 e. The molecule has 0 aliphatic carbocycles. The van der Waals surface area contributed by atoms with Gasteiger partial charge in [-0.1, -0.05) is 50.7 Å². The molecule has 0 aliphatic rings. The number of hydrogen-bond donors (Lipinski definition) is 2. The summed E-state index contributed by atoms with van der Waals surface area (Å²) < 4.78 is 1.85. The zero-order chi connectivity index (χ0) is 18.6. The Kier molecular flexibility index (Phi) is 6.24. The van der Waals surface area contributed by atoms with Gasteiger partial charge in [-0.15, -0.1) is 17.9 Å². The molecule has 1 aromatic heterocycles. The number of thiazole rings is 1. The van der Waals surface area contributed by atoms with Gasteiger partial charge in [0.05, 0.1) is 15.5 Å². The Labute approximate surface area is 156 Å². The van der Waals surface area contributed by atoms with Crippen LogP contribution in [0.3, 0.4) is 0 Å². The van der Waals surface area contributed by atoms with E-state index in [2.05, 4.69) is 43.7 Å². The normalized spacial score (nSPS) is 12.8. The molecule has 7 heteroatoms. The highest BCUT2D eigenvalue weighted by Crippen LogP contribution is 2.38. The third-order valence-electron chi connectivity index (χ3n) is 3.58. The van der Waals surface area contributed by atoms with Crippen molar-refractivity contribution in [2.24, 2.45) is 5.73 Å². The summed E-state index contributed by atoms with van der Waals surface area (Å²) in [5.74, 6) is -0.748. The molecule has 0 spiro atoms. The van der Waals surface area contributed by atoms with Crippen molar-refractivity contribution in [3.63, 3.8) is 0 Å². The van der Waals surface area contributed by atoms with Crippen molar-refractivity contribution < 1.29 is 9.59 Å². The number of primary amides is 1. The molecule has 2 rings (SSSR count). The first-order chi connectivity index (χ1) is 11.7. The second-order valence-corrected chi connectivity index (χ2v) is 9.14. The minimum absolute atomic E-state index is 0.00163. The van der Waals surface area contributed by atoms with Gasteiger partial charge in [-0.2, -0.15) is 0 Å². The SMILES string of the molecule is C=CCNC(=O)CC(Sc1nc2cccc(C(C)(C)C)c2s1)C(N)=O. The molecule has 1 aromatic carbocycles. The van der Waals surface area contributed by atoms with Crippen molar-refractivity contribution in [1.29, 1.82) is 0 Å². The first-order valence-corrected chi connectivity index (χ1v) is 9.65. The standard InChI is InChI=1S/C18H23N3O2S2/c1-5-9-20-14(22)10-13(16(19)23)24-17-21-12-8-6-7-11(15(12)25-17)18(2,3)4/h5-8,13H,1,9-10H2,2-4H3,(H2,19,23)(H,20,22). The highest BCUT2D eigenvalue weighted by molar-refractivity contribution is 8.02. The number of amides is 2. The van der Waals surface area contributed by atoms with E-state index in [4.69, 9.17) is 5.73 Å². The molecule has 0 radical (unpaired) electrons. The molecule has 1 atom stereocenters. The Hall–Kier alpha value is -1.86. The van der Waals surface area contributed by atoms with Gasteiger partial charge in [0.25, 0.3) is 0 Å². The molecule has 5 nitrogen and oxygen atoms in total. The highest BCUT2D eigenvalue weighted by Gasteiger charge is 2.24. The first-order valence-electron chi connectivity index (χ1n) is 7.96. The molecule has 134 valence electrons. The summed E-state index contributed by atoms with van der Waals surface area (Å²) in [5.41, 5.74) is 7.59. The zero-order valence-corrected chi connectivity index (χ0v) is 16.3. The van der Waals surface area contributed by atoms with E-state index in [1.165, 1.54) is 28.7 Å². The lowest BCUT2D eigenvalue weighted by Crippen LogP contribution is -2.33. The fourth-order valence-corrected chi connectivity index (χ4v) is 4.88. The Morgan fingerprint density at radius 3 is 2.76 bits per heavy atom. The molecule has 0 saturated heterocycles.